The first-order valence-corrected chi connectivity index (χ1v) is 5.80. The van der Waals surface area contributed by atoms with Crippen LogP contribution in [0.2, 0.25) is 0 Å². The molecule has 2 N–H and O–H groups in total. The highest BCUT2D eigenvalue weighted by molar-refractivity contribution is 5.77. The van der Waals surface area contributed by atoms with E-state index in [4.69, 9.17) is 4.74 Å². The molecule has 0 aromatic carbocycles. The average Bonchev–Trinajstić information content (AvgIpc) is 2.99. The highest BCUT2D eigenvalue weighted by Gasteiger charge is 2.43. The van der Waals surface area contributed by atoms with Gasteiger partial charge in [-0.15, -0.1) is 0 Å². The lowest BCUT2D eigenvalue weighted by Gasteiger charge is -2.22. The van der Waals surface area contributed by atoms with E-state index in [9.17, 15) is 4.79 Å². The number of nitrogens with one attached hydrogen (secondary N) is 2. The summed E-state index contributed by atoms with van der Waals surface area (Å²) in [6, 6.07) is 0.427. The lowest BCUT2D eigenvalue weighted by atomic mass is 9.93. The number of amides is 1. The van der Waals surface area contributed by atoms with Crippen LogP contribution in [0.3, 0.4) is 0 Å². The number of piperidine rings is 1. The van der Waals surface area contributed by atoms with Crippen LogP contribution in [0.5, 0.6) is 0 Å². The van der Waals surface area contributed by atoms with Crippen molar-refractivity contribution in [1.82, 2.24) is 10.6 Å². The number of carbonyl (C=O) groups excluding carboxylic acids is 1. The Morgan fingerprint density at radius 2 is 2.20 bits per heavy atom. The molecule has 0 aromatic rings. The van der Waals surface area contributed by atoms with Crippen molar-refractivity contribution in [3.63, 3.8) is 0 Å². The second kappa shape index (κ2) is 4.94. The molecule has 0 spiro atoms. The number of carbonyl (C=O) groups is 1. The van der Waals surface area contributed by atoms with Crippen LogP contribution < -0.4 is 10.6 Å². The van der Waals surface area contributed by atoms with Crippen molar-refractivity contribution in [2.24, 2.45) is 11.8 Å². The lowest BCUT2D eigenvalue weighted by Crippen LogP contribution is -2.33. The van der Waals surface area contributed by atoms with Gasteiger partial charge < -0.3 is 15.4 Å². The van der Waals surface area contributed by atoms with E-state index in [1.54, 1.807) is 7.11 Å². The first-order valence-electron chi connectivity index (χ1n) is 5.80. The second-order valence-electron chi connectivity index (χ2n) is 4.59. The molecular formula is C11H20N2O2. The van der Waals surface area contributed by atoms with Crippen LogP contribution in [0.25, 0.3) is 0 Å². The highest BCUT2D eigenvalue weighted by Crippen LogP contribution is 2.41. The minimum absolute atomic E-state index is 0.0268. The Balaban J connectivity index is 1.68. The monoisotopic (exact) mass is 212 g/mol. The SMILES string of the molecule is COCC(=O)N[C@@H]1C[C@H]1C1CCNCC1. The quantitative estimate of drug-likeness (QED) is 0.697. The predicted octanol–water partition coefficient (Wildman–Crippen LogP) is 0.137. The summed E-state index contributed by atoms with van der Waals surface area (Å²) >= 11 is 0. The number of ether oxygens (including phenoxy) is 1. The van der Waals surface area contributed by atoms with Crippen LogP contribution in [0.15, 0.2) is 0 Å². The normalized spacial score (nSPS) is 31.3. The van der Waals surface area contributed by atoms with E-state index in [-0.39, 0.29) is 12.5 Å². The minimum atomic E-state index is 0.0268. The van der Waals surface area contributed by atoms with E-state index in [0.717, 1.165) is 24.9 Å². The molecule has 1 heterocycles. The van der Waals surface area contributed by atoms with Crippen molar-refractivity contribution >= 4 is 5.91 Å². The molecule has 4 nitrogen and oxygen atoms in total. The van der Waals surface area contributed by atoms with Crippen molar-refractivity contribution in [2.45, 2.75) is 25.3 Å². The van der Waals surface area contributed by atoms with Gasteiger partial charge in [-0.05, 0) is 44.2 Å². The second-order valence-corrected chi connectivity index (χ2v) is 4.59. The third kappa shape index (κ3) is 2.92. The summed E-state index contributed by atoms with van der Waals surface area (Å²) in [5.74, 6) is 1.57. The zero-order chi connectivity index (χ0) is 10.7. The molecule has 1 amide bonds. The molecule has 2 fully saturated rings. The molecule has 2 aliphatic rings. The van der Waals surface area contributed by atoms with Crippen LogP contribution >= 0.6 is 0 Å². The van der Waals surface area contributed by atoms with Crippen LogP contribution in [-0.4, -0.2) is 38.8 Å². The van der Waals surface area contributed by atoms with Gasteiger partial charge in [-0.3, -0.25) is 4.79 Å². The molecule has 1 saturated heterocycles. The Kier molecular flexibility index (Phi) is 3.59. The lowest BCUT2D eigenvalue weighted by molar-refractivity contribution is -0.124. The Morgan fingerprint density at radius 1 is 1.47 bits per heavy atom. The van der Waals surface area contributed by atoms with Gasteiger partial charge in [0.15, 0.2) is 0 Å². The molecule has 4 heteroatoms. The molecule has 86 valence electrons. The fourth-order valence-electron chi connectivity index (χ4n) is 2.55. The zero-order valence-corrected chi connectivity index (χ0v) is 9.29. The van der Waals surface area contributed by atoms with Crippen molar-refractivity contribution in [3.8, 4) is 0 Å². The topological polar surface area (TPSA) is 50.4 Å². The largest absolute Gasteiger partial charge is 0.375 e. The Labute approximate surface area is 90.8 Å². The van der Waals surface area contributed by atoms with Gasteiger partial charge in [-0.2, -0.15) is 0 Å². The van der Waals surface area contributed by atoms with Crippen LogP contribution in [0, 0.1) is 11.8 Å². The van der Waals surface area contributed by atoms with Gasteiger partial charge >= 0.3 is 0 Å². The van der Waals surface area contributed by atoms with Gasteiger partial charge in [-0.1, -0.05) is 0 Å². The molecule has 0 aromatic heterocycles. The first kappa shape index (κ1) is 10.9. The van der Waals surface area contributed by atoms with Crippen LogP contribution in [-0.2, 0) is 9.53 Å². The molecular weight excluding hydrogens is 192 g/mol. The molecule has 1 saturated carbocycles. The zero-order valence-electron chi connectivity index (χ0n) is 9.29. The van der Waals surface area contributed by atoms with E-state index in [1.165, 1.54) is 19.3 Å². The van der Waals surface area contributed by atoms with E-state index in [2.05, 4.69) is 10.6 Å². The van der Waals surface area contributed by atoms with Crippen molar-refractivity contribution < 1.29 is 9.53 Å². The van der Waals surface area contributed by atoms with Gasteiger partial charge in [0.2, 0.25) is 5.91 Å². The number of methoxy groups -OCH3 is 1. The van der Waals surface area contributed by atoms with Gasteiger partial charge in [0, 0.05) is 13.2 Å². The summed E-state index contributed by atoms with van der Waals surface area (Å²) in [5.41, 5.74) is 0. The van der Waals surface area contributed by atoms with Crippen molar-refractivity contribution in [1.29, 1.82) is 0 Å². The smallest absolute Gasteiger partial charge is 0.246 e. The molecule has 0 unspecified atom stereocenters. The summed E-state index contributed by atoms with van der Waals surface area (Å²) in [7, 11) is 1.55. The number of hydrogen-bond acceptors (Lipinski definition) is 3. The molecule has 0 bridgehead atoms. The maximum absolute atomic E-state index is 11.3. The molecule has 2 atom stereocenters. The summed E-state index contributed by atoms with van der Waals surface area (Å²) < 4.78 is 4.79. The fourth-order valence-corrected chi connectivity index (χ4v) is 2.55. The maximum Gasteiger partial charge on any atom is 0.246 e. The van der Waals surface area contributed by atoms with Crippen molar-refractivity contribution in [3.05, 3.63) is 0 Å². The van der Waals surface area contributed by atoms with E-state index in [1.807, 2.05) is 0 Å². The Bertz CT molecular complexity index is 227. The summed E-state index contributed by atoms with van der Waals surface area (Å²) in [4.78, 5) is 11.3. The predicted molar refractivity (Wildman–Crippen MR) is 57.5 cm³/mol. The summed E-state index contributed by atoms with van der Waals surface area (Å²) in [6.45, 7) is 2.47. The minimum Gasteiger partial charge on any atom is -0.375 e. The Hall–Kier alpha value is -0.610. The molecule has 0 radical (unpaired) electrons. The molecule has 1 aliphatic heterocycles. The van der Waals surface area contributed by atoms with Crippen molar-refractivity contribution in [2.75, 3.05) is 26.8 Å². The van der Waals surface area contributed by atoms with Gasteiger partial charge in [0.25, 0.3) is 0 Å². The van der Waals surface area contributed by atoms with Crippen LogP contribution in [0.1, 0.15) is 19.3 Å². The first-order chi connectivity index (χ1) is 7.31. The Morgan fingerprint density at radius 3 is 2.87 bits per heavy atom. The number of rotatable bonds is 4. The average molecular weight is 212 g/mol. The van der Waals surface area contributed by atoms with E-state index < -0.39 is 0 Å². The number of hydrogen-bond donors (Lipinski definition) is 2. The van der Waals surface area contributed by atoms with Gasteiger partial charge in [0.1, 0.15) is 6.61 Å². The fraction of sp³-hybridized carbons (Fsp3) is 0.909. The van der Waals surface area contributed by atoms with Gasteiger partial charge in [-0.25, -0.2) is 0 Å². The molecule has 2 rings (SSSR count). The van der Waals surface area contributed by atoms with Gasteiger partial charge in [0.05, 0.1) is 0 Å². The third-order valence-electron chi connectivity index (χ3n) is 3.45. The summed E-state index contributed by atoms with van der Waals surface area (Å²) in [6.07, 6.45) is 3.70. The third-order valence-corrected chi connectivity index (χ3v) is 3.45. The summed E-state index contributed by atoms with van der Waals surface area (Å²) in [5, 5.41) is 6.38. The van der Waals surface area contributed by atoms with Crippen LogP contribution in [0.4, 0.5) is 0 Å². The van der Waals surface area contributed by atoms with E-state index >= 15 is 0 Å². The maximum atomic E-state index is 11.3. The van der Waals surface area contributed by atoms with E-state index in [0.29, 0.717) is 6.04 Å². The highest BCUT2D eigenvalue weighted by atomic mass is 16.5. The molecule has 1 aliphatic carbocycles. The molecule has 15 heavy (non-hydrogen) atoms. The standard InChI is InChI=1S/C11H20N2O2/c1-15-7-11(14)13-10-6-9(10)8-2-4-12-5-3-8/h8-10,12H,2-7H2,1H3,(H,13,14)/t9-,10+/m0/s1.